The van der Waals surface area contributed by atoms with Crippen LogP contribution in [-0.4, -0.2) is 54.0 Å². The summed E-state index contributed by atoms with van der Waals surface area (Å²) in [6.45, 7) is 4.27. The zero-order chi connectivity index (χ0) is 29.6. The molecule has 2 aromatic heterocycles. The summed E-state index contributed by atoms with van der Waals surface area (Å²) in [6, 6.07) is 18.4. The number of aromatic nitrogens is 2. The van der Waals surface area contributed by atoms with E-state index in [0.717, 1.165) is 17.7 Å². The summed E-state index contributed by atoms with van der Waals surface area (Å²) in [5, 5.41) is 10.6. The van der Waals surface area contributed by atoms with E-state index in [4.69, 9.17) is 16.1 Å². The van der Waals surface area contributed by atoms with Gasteiger partial charge in [-0.25, -0.2) is 0 Å². The van der Waals surface area contributed by atoms with Crippen LogP contribution in [0.2, 0.25) is 5.02 Å². The van der Waals surface area contributed by atoms with Gasteiger partial charge in [0.05, 0.1) is 23.6 Å². The van der Waals surface area contributed by atoms with Gasteiger partial charge in [-0.2, -0.15) is 0 Å². The number of nitrogens with one attached hydrogen (secondary N) is 2. The van der Waals surface area contributed by atoms with E-state index in [1.165, 1.54) is 4.90 Å². The zero-order valence-corrected chi connectivity index (χ0v) is 24.1. The predicted molar refractivity (Wildman–Crippen MR) is 161 cm³/mol. The van der Waals surface area contributed by atoms with E-state index >= 15 is 0 Å². The van der Waals surface area contributed by atoms with Crippen LogP contribution in [0.5, 0.6) is 0 Å². The first kappa shape index (κ1) is 29.0. The molecule has 10 nitrogen and oxygen atoms in total. The fourth-order valence-electron chi connectivity index (χ4n) is 4.90. The van der Waals surface area contributed by atoms with Crippen LogP contribution >= 0.6 is 11.6 Å². The third-order valence-corrected chi connectivity index (χ3v) is 7.32. The Bertz CT molecular complexity index is 1570. The molecular formula is C31H31ClN6O4. The highest BCUT2D eigenvalue weighted by Gasteiger charge is 2.33. The lowest BCUT2D eigenvalue weighted by Crippen LogP contribution is -2.50. The van der Waals surface area contributed by atoms with Crippen molar-refractivity contribution in [3.05, 3.63) is 100 Å². The Hall–Kier alpha value is -4.54. The second-order valence-corrected chi connectivity index (χ2v) is 10.4. The normalized spacial score (nSPS) is 12.8. The van der Waals surface area contributed by atoms with Gasteiger partial charge in [-0.1, -0.05) is 35.0 Å². The van der Waals surface area contributed by atoms with Gasteiger partial charge in [0.15, 0.2) is 0 Å². The van der Waals surface area contributed by atoms with Crippen molar-refractivity contribution in [3.63, 3.8) is 0 Å². The van der Waals surface area contributed by atoms with Gasteiger partial charge in [-0.15, -0.1) is 0 Å². The first-order valence-corrected chi connectivity index (χ1v) is 14.0. The molecule has 2 aromatic carbocycles. The number of fused-ring (bicyclic) bond motifs is 1. The van der Waals surface area contributed by atoms with Crippen LogP contribution < -0.4 is 20.4 Å². The second-order valence-electron chi connectivity index (χ2n) is 10.0. The maximum absolute atomic E-state index is 13.4. The topological polar surface area (TPSA) is 121 Å². The number of amides is 3. The molecule has 0 radical (unpaired) electrons. The van der Waals surface area contributed by atoms with Crippen LogP contribution in [0.3, 0.4) is 0 Å². The highest BCUT2D eigenvalue weighted by Crippen LogP contribution is 2.36. The molecule has 3 amide bonds. The van der Waals surface area contributed by atoms with E-state index in [1.54, 1.807) is 43.1 Å². The minimum absolute atomic E-state index is 0.0455. The fourth-order valence-corrected chi connectivity index (χ4v) is 5.03. The van der Waals surface area contributed by atoms with Crippen LogP contribution in [0.1, 0.15) is 33.1 Å². The summed E-state index contributed by atoms with van der Waals surface area (Å²) in [5.74, 6) is -0.401. The number of carbonyl (C=O) groups is 3. The standard InChI is InChI=1S/C31H31ClN6O4/c1-20-30(21(2)42-36-20)31(41)35-25-10-11-26-27(17-25)38(19-29(40)37(26)16-13-24-5-3-4-14-34-24)28(39)18-33-15-12-22-6-8-23(32)9-7-22/h3-11,14,17,33H,12-13,15-16,18-19H2,1-2H3,(H,35,41). The smallest absolute Gasteiger partial charge is 0.261 e. The SMILES string of the molecule is Cc1noc(C)c1C(=O)Nc1ccc2c(c1)N(C(=O)CNCCc1ccc(Cl)cc1)CC(=O)N2CCc1ccccn1. The number of halogens is 1. The largest absolute Gasteiger partial charge is 0.361 e. The van der Waals surface area contributed by atoms with Crippen LogP contribution in [0.15, 0.2) is 71.4 Å². The number of pyridine rings is 1. The second kappa shape index (κ2) is 13.0. The van der Waals surface area contributed by atoms with Gasteiger partial charge < -0.3 is 20.1 Å². The minimum Gasteiger partial charge on any atom is -0.361 e. The molecule has 1 aliphatic heterocycles. The molecule has 42 heavy (non-hydrogen) atoms. The molecule has 11 heteroatoms. The van der Waals surface area contributed by atoms with Crippen LogP contribution in [0.4, 0.5) is 17.1 Å². The number of anilines is 3. The molecule has 0 saturated heterocycles. The van der Waals surface area contributed by atoms with Gasteiger partial charge in [-0.3, -0.25) is 24.3 Å². The summed E-state index contributed by atoms with van der Waals surface area (Å²) < 4.78 is 5.14. The van der Waals surface area contributed by atoms with Crippen molar-refractivity contribution in [2.75, 3.05) is 41.3 Å². The summed E-state index contributed by atoms with van der Waals surface area (Å²) in [7, 11) is 0. The van der Waals surface area contributed by atoms with Crippen molar-refractivity contribution in [2.24, 2.45) is 0 Å². The maximum Gasteiger partial charge on any atom is 0.261 e. The van der Waals surface area contributed by atoms with Gasteiger partial charge in [-0.05, 0) is 74.8 Å². The van der Waals surface area contributed by atoms with E-state index in [2.05, 4.69) is 20.8 Å². The molecule has 0 aliphatic carbocycles. The number of aryl methyl sites for hydroxylation is 2. The molecule has 0 unspecified atom stereocenters. The first-order chi connectivity index (χ1) is 20.3. The molecule has 2 N–H and O–H groups in total. The Morgan fingerprint density at radius 2 is 1.83 bits per heavy atom. The van der Waals surface area contributed by atoms with Gasteiger partial charge in [0.2, 0.25) is 11.8 Å². The number of hydrogen-bond acceptors (Lipinski definition) is 7. The average Bonchev–Trinajstić information content (AvgIpc) is 3.33. The van der Waals surface area contributed by atoms with Gasteiger partial charge in [0, 0.05) is 35.6 Å². The molecule has 0 bridgehead atoms. The summed E-state index contributed by atoms with van der Waals surface area (Å²) >= 11 is 5.96. The third kappa shape index (κ3) is 6.67. The molecule has 0 saturated carbocycles. The molecule has 1 aliphatic rings. The summed E-state index contributed by atoms with van der Waals surface area (Å²) in [5.41, 5.74) is 4.40. The predicted octanol–water partition coefficient (Wildman–Crippen LogP) is 4.35. The lowest BCUT2D eigenvalue weighted by atomic mass is 10.1. The zero-order valence-electron chi connectivity index (χ0n) is 23.4. The van der Waals surface area contributed by atoms with E-state index in [-0.39, 0.29) is 30.8 Å². The Balaban J connectivity index is 1.34. The minimum atomic E-state index is -0.369. The lowest BCUT2D eigenvalue weighted by molar-refractivity contribution is -0.122. The Morgan fingerprint density at radius 3 is 2.55 bits per heavy atom. The highest BCUT2D eigenvalue weighted by atomic mass is 35.5. The van der Waals surface area contributed by atoms with E-state index in [0.29, 0.717) is 58.6 Å². The average molecular weight is 587 g/mol. The summed E-state index contributed by atoms with van der Waals surface area (Å²) in [4.78, 5) is 47.2. The van der Waals surface area contributed by atoms with Crippen molar-refractivity contribution in [3.8, 4) is 0 Å². The summed E-state index contributed by atoms with van der Waals surface area (Å²) in [6.07, 6.45) is 2.99. The highest BCUT2D eigenvalue weighted by molar-refractivity contribution is 6.30. The molecule has 0 spiro atoms. The molecule has 3 heterocycles. The Morgan fingerprint density at radius 1 is 1.02 bits per heavy atom. The quantitative estimate of drug-likeness (QED) is 0.265. The van der Waals surface area contributed by atoms with Crippen molar-refractivity contribution in [1.82, 2.24) is 15.5 Å². The number of hydrogen-bond donors (Lipinski definition) is 2. The van der Waals surface area contributed by atoms with Gasteiger partial charge in [0.1, 0.15) is 17.9 Å². The number of nitrogens with zero attached hydrogens (tertiary/aromatic N) is 4. The van der Waals surface area contributed by atoms with Crippen molar-refractivity contribution >= 4 is 46.4 Å². The molecule has 4 aromatic rings. The van der Waals surface area contributed by atoms with Crippen LogP contribution in [-0.2, 0) is 22.4 Å². The molecule has 216 valence electrons. The molecular weight excluding hydrogens is 556 g/mol. The number of benzene rings is 2. The molecule has 5 rings (SSSR count). The van der Waals surface area contributed by atoms with Gasteiger partial charge >= 0.3 is 0 Å². The third-order valence-electron chi connectivity index (χ3n) is 7.07. The first-order valence-electron chi connectivity index (χ1n) is 13.6. The lowest BCUT2D eigenvalue weighted by Gasteiger charge is -2.36. The van der Waals surface area contributed by atoms with Crippen molar-refractivity contribution in [1.29, 1.82) is 0 Å². The maximum atomic E-state index is 13.4. The van der Waals surface area contributed by atoms with Gasteiger partial charge in [0.25, 0.3) is 5.91 Å². The monoisotopic (exact) mass is 586 g/mol. The van der Waals surface area contributed by atoms with E-state index < -0.39 is 0 Å². The van der Waals surface area contributed by atoms with Crippen LogP contribution in [0.25, 0.3) is 0 Å². The number of rotatable bonds is 10. The Kier molecular flexibility index (Phi) is 8.94. The molecule has 0 atom stereocenters. The fraction of sp³-hybridized carbons (Fsp3) is 0.258. The molecule has 0 fully saturated rings. The number of carbonyl (C=O) groups excluding carboxylic acids is 3. The van der Waals surface area contributed by atoms with Crippen molar-refractivity contribution < 1.29 is 18.9 Å². The van der Waals surface area contributed by atoms with E-state index in [9.17, 15) is 14.4 Å². The Labute approximate surface area is 248 Å². The van der Waals surface area contributed by atoms with Crippen molar-refractivity contribution in [2.45, 2.75) is 26.7 Å². The van der Waals surface area contributed by atoms with E-state index in [1.807, 2.05) is 42.5 Å². The van der Waals surface area contributed by atoms with Crippen LogP contribution in [0, 0.1) is 13.8 Å².